The number of para-hydroxylation sites is 1. The lowest BCUT2D eigenvalue weighted by atomic mass is 10.1. The van der Waals surface area contributed by atoms with Crippen molar-refractivity contribution in [1.29, 1.82) is 0 Å². The number of rotatable bonds is 9. The molecule has 0 radical (unpaired) electrons. The third-order valence-corrected chi connectivity index (χ3v) is 6.11. The molecule has 0 bridgehead atoms. The summed E-state index contributed by atoms with van der Waals surface area (Å²) in [5.41, 5.74) is 0.984. The highest BCUT2D eigenvalue weighted by Gasteiger charge is 2.25. The van der Waals surface area contributed by atoms with Gasteiger partial charge in [-0.3, -0.25) is 14.4 Å². The van der Waals surface area contributed by atoms with Crippen LogP contribution in [0.1, 0.15) is 22.5 Å². The van der Waals surface area contributed by atoms with Crippen LogP contribution in [0.3, 0.4) is 0 Å². The van der Waals surface area contributed by atoms with E-state index in [1.807, 2.05) is 54.6 Å². The van der Waals surface area contributed by atoms with Crippen molar-refractivity contribution in [2.75, 3.05) is 39.9 Å². The molecule has 1 aliphatic rings. The Morgan fingerprint density at radius 2 is 1.56 bits per heavy atom. The van der Waals surface area contributed by atoms with Crippen molar-refractivity contribution in [2.45, 2.75) is 19.4 Å². The van der Waals surface area contributed by atoms with Crippen LogP contribution in [0.4, 0.5) is 0 Å². The van der Waals surface area contributed by atoms with E-state index in [-0.39, 0.29) is 36.2 Å². The summed E-state index contributed by atoms with van der Waals surface area (Å²) in [4.78, 5) is 41.3. The maximum Gasteiger partial charge on any atom is 0.274 e. The predicted molar refractivity (Wildman–Crippen MR) is 134 cm³/mol. The number of carbonyl (C=O) groups is 2. The van der Waals surface area contributed by atoms with Crippen molar-refractivity contribution in [2.24, 2.45) is 0 Å². The molecule has 1 aliphatic heterocycles. The number of ether oxygens (including phenoxy) is 2. The molecule has 3 aromatic rings. The fourth-order valence-corrected chi connectivity index (χ4v) is 4.01. The second kappa shape index (κ2) is 12.0. The number of hydrogen-bond acceptors (Lipinski definition) is 6. The van der Waals surface area contributed by atoms with Gasteiger partial charge in [0.15, 0.2) is 0 Å². The molecule has 2 aromatic carbocycles. The molecule has 0 aliphatic carbocycles. The van der Waals surface area contributed by atoms with Gasteiger partial charge in [-0.05, 0) is 42.3 Å². The van der Waals surface area contributed by atoms with E-state index in [2.05, 4.69) is 5.10 Å². The monoisotopic (exact) mass is 490 g/mol. The fraction of sp³-hybridized carbons (Fsp3) is 0.333. The van der Waals surface area contributed by atoms with Crippen molar-refractivity contribution >= 4 is 11.8 Å². The van der Waals surface area contributed by atoms with Crippen LogP contribution in [0, 0.1) is 0 Å². The lowest BCUT2D eigenvalue weighted by Crippen LogP contribution is -2.51. The summed E-state index contributed by atoms with van der Waals surface area (Å²) in [6.45, 7) is 2.27. The Labute approximate surface area is 209 Å². The first-order valence-electron chi connectivity index (χ1n) is 12.0. The van der Waals surface area contributed by atoms with Gasteiger partial charge in [0.25, 0.3) is 11.5 Å². The van der Waals surface area contributed by atoms with E-state index >= 15 is 0 Å². The number of carbonyl (C=O) groups excluding carboxylic acids is 2. The highest BCUT2D eigenvalue weighted by atomic mass is 16.5. The van der Waals surface area contributed by atoms with Gasteiger partial charge >= 0.3 is 0 Å². The van der Waals surface area contributed by atoms with Crippen molar-refractivity contribution < 1.29 is 19.1 Å². The summed E-state index contributed by atoms with van der Waals surface area (Å²) in [5, 5.41) is 4.25. The van der Waals surface area contributed by atoms with E-state index in [1.54, 1.807) is 16.9 Å². The smallest absolute Gasteiger partial charge is 0.274 e. The molecule has 0 saturated carbocycles. The number of aryl methyl sites for hydroxylation is 1. The molecule has 0 N–H and O–H groups in total. The minimum Gasteiger partial charge on any atom is -0.497 e. The van der Waals surface area contributed by atoms with Gasteiger partial charge in [0.1, 0.15) is 23.8 Å². The summed E-state index contributed by atoms with van der Waals surface area (Å²) in [5.74, 6) is 1.31. The van der Waals surface area contributed by atoms with Crippen LogP contribution in [-0.4, -0.2) is 71.3 Å². The lowest BCUT2D eigenvalue weighted by molar-refractivity contribution is -0.132. The largest absolute Gasteiger partial charge is 0.497 e. The Morgan fingerprint density at radius 3 is 2.25 bits per heavy atom. The molecule has 1 fully saturated rings. The Bertz CT molecular complexity index is 1220. The Morgan fingerprint density at radius 1 is 0.861 bits per heavy atom. The number of piperazine rings is 1. The molecule has 9 nitrogen and oxygen atoms in total. The standard InChI is InChI=1S/C27H30N4O5/c1-35-22-10-7-21(8-11-22)9-13-25(32)29-15-17-30(18-16-29)27(34)24-12-14-26(33)31(28-24)19-20-36-23-5-3-2-4-6-23/h2-8,10-12,14H,9,13,15-20H2,1H3. The van der Waals surface area contributed by atoms with E-state index < -0.39 is 0 Å². The molecule has 1 aromatic heterocycles. The molecule has 0 spiro atoms. The minimum atomic E-state index is -0.296. The van der Waals surface area contributed by atoms with Crippen molar-refractivity contribution in [3.8, 4) is 11.5 Å². The van der Waals surface area contributed by atoms with Gasteiger partial charge in [-0.1, -0.05) is 30.3 Å². The first-order valence-corrected chi connectivity index (χ1v) is 12.0. The molecular formula is C27H30N4O5. The summed E-state index contributed by atoms with van der Waals surface area (Å²) in [6.07, 6.45) is 1.07. The molecular weight excluding hydrogens is 460 g/mol. The van der Waals surface area contributed by atoms with Crippen LogP contribution in [-0.2, 0) is 17.8 Å². The van der Waals surface area contributed by atoms with Gasteiger partial charge in [0, 0.05) is 38.7 Å². The van der Waals surface area contributed by atoms with Crippen molar-refractivity contribution in [3.05, 3.63) is 88.3 Å². The van der Waals surface area contributed by atoms with Gasteiger partial charge in [0.2, 0.25) is 5.91 Å². The van der Waals surface area contributed by atoms with E-state index in [0.29, 0.717) is 44.8 Å². The highest BCUT2D eigenvalue weighted by Crippen LogP contribution is 2.14. The quantitative estimate of drug-likeness (QED) is 0.457. The molecule has 1 saturated heterocycles. The van der Waals surface area contributed by atoms with Crippen LogP contribution in [0.5, 0.6) is 11.5 Å². The zero-order chi connectivity index (χ0) is 25.3. The zero-order valence-corrected chi connectivity index (χ0v) is 20.3. The number of aromatic nitrogens is 2. The summed E-state index contributed by atoms with van der Waals surface area (Å²) in [7, 11) is 1.62. The molecule has 0 atom stereocenters. The maximum atomic E-state index is 13.0. The van der Waals surface area contributed by atoms with Gasteiger partial charge in [-0.2, -0.15) is 5.10 Å². The van der Waals surface area contributed by atoms with E-state index in [4.69, 9.17) is 9.47 Å². The Kier molecular flexibility index (Phi) is 8.33. The molecule has 2 heterocycles. The molecule has 4 rings (SSSR count). The molecule has 9 heteroatoms. The highest BCUT2D eigenvalue weighted by molar-refractivity contribution is 5.92. The topological polar surface area (TPSA) is 94.0 Å². The van der Waals surface area contributed by atoms with Crippen LogP contribution >= 0.6 is 0 Å². The molecule has 0 unspecified atom stereocenters. The number of amides is 2. The van der Waals surface area contributed by atoms with Gasteiger partial charge in [-0.15, -0.1) is 0 Å². The molecule has 2 amide bonds. The molecule has 188 valence electrons. The predicted octanol–water partition coefficient (Wildman–Crippen LogP) is 2.25. The van der Waals surface area contributed by atoms with Gasteiger partial charge < -0.3 is 19.3 Å². The average molecular weight is 491 g/mol. The number of hydrogen-bond donors (Lipinski definition) is 0. The minimum absolute atomic E-state index is 0.0722. The average Bonchev–Trinajstić information content (AvgIpc) is 2.93. The van der Waals surface area contributed by atoms with E-state index in [0.717, 1.165) is 11.3 Å². The second-order valence-corrected chi connectivity index (χ2v) is 8.46. The van der Waals surface area contributed by atoms with Gasteiger partial charge in [-0.25, -0.2) is 4.68 Å². The van der Waals surface area contributed by atoms with Crippen LogP contribution in [0.15, 0.2) is 71.5 Å². The normalized spacial score (nSPS) is 13.4. The SMILES string of the molecule is COc1ccc(CCC(=O)N2CCN(C(=O)c3ccc(=O)n(CCOc4ccccc4)n3)CC2)cc1. The van der Waals surface area contributed by atoms with E-state index in [1.165, 1.54) is 16.8 Å². The first kappa shape index (κ1) is 25.0. The third-order valence-electron chi connectivity index (χ3n) is 6.11. The van der Waals surface area contributed by atoms with E-state index in [9.17, 15) is 14.4 Å². The van der Waals surface area contributed by atoms with Crippen molar-refractivity contribution in [3.63, 3.8) is 0 Å². The van der Waals surface area contributed by atoms with Crippen LogP contribution < -0.4 is 15.0 Å². The number of methoxy groups -OCH3 is 1. The summed E-state index contributed by atoms with van der Waals surface area (Å²) < 4.78 is 12.0. The van der Waals surface area contributed by atoms with Crippen molar-refractivity contribution in [1.82, 2.24) is 19.6 Å². The Hall–Kier alpha value is -4.14. The molecule has 36 heavy (non-hydrogen) atoms. The Balaban J connectivity index is 1.26. The second-order valence-electron chi connectivity index (χ2n) is 8.46. The number of benzene rings is 2. The third kappa shape index (κ3) is 6.50. The van der Waals surface area contributed by atoms with Gasteiger partial charge in [0.05, 0.1) is 13.7 Å². The zero-order valence-electron chi connectivity index (χ0n) is 20.3. The maximum absolute atomic E-state index is 13.0. The lowest BCUT2D eigenvalue weighted by Gasteiger charge is -2.34. The first-order chi connectivity index (χ1) is 17.5. The number of nitrogens with zero attached hydrogens (tertiary/aromatic N) is 4. The summed E-state index contributed by atoms with van der Waals surface area (Å²) in [6, 6.07) is 19.8. The fourth-order valence-electron chi connectivity index (χ4n) is 4.01. The van der Waals surface area contributed by atoms with Crippen LogP contribution in [0.2, 0.25) is 0 Å². The summed E-state index contributed by atoms with van der Waals surface area (Å²) >= 11 is 0. The van der Waals surface area contributed by atoms with Crippen LogP contribution in [0.25, 0.3) is 0 Å².